The van der Waals surface area contributed by atoms with Crippen LogP contribution < -0.4 is 9.46 Å². The number of hydrogen-bond donors (Lipinski definition) is 1. The first-order valence-corrected chi connectivity index (χ1v) is 11.8. The van der Waals surface area contributed by atoms with Gasteiger partial charge in [-0.1, -0.05) is 12.5 Å². The number of cyclic esters (lactones) is 2. The summed E-state index contributed by atoms with van der Waals surface area (Å²) in [5, 5.41) is 0. The highest BCUT2D eigenvalue weighted by Crippen LogP contribution is 2.31. The second-order valence-electron chi connectivity index (χ2n) is 7.82. The van der Waals surface area contributed by atoms with Crippen molar-refractivity contribution in [3.63, 3.8) is 0 Å². The third-order valence-corrected chi connectivity index (χ3v) is 6.64. The third-order valence-electron chi connectivity index (χ3n) is 5.10. The molecule has 1 saturated heterocycles. The predicted octanol–water partition coefficient (Wildman–Crippen LogP) is 2.74. The van der Waals surface area contributed by atoms with Crippen LogP contribution in [0.2, 0.25) is 0 Å². The van der Waals surface area contributed by atoms with Crippen LogP contribution in [-0.2, 0) is 19.6 Å². The molecular weight excluding hydrogens is 415 g/mol. The normalized spacial score (nSPS) is 17.9. The van der Waals surface area contributed by atoms with E-state index in [9.17, 15) is 22.4 Å². The lowest BCUT2D eigenvalue weighted by Gasteiger charge is -2.16. The van der Waals surface area contributed by atoms with E-state index in [1.165, 1.54) is 11.0 Å². The van der Waals surface area contributed by atoms with Crippen LogP contribution in [0.3, 0.4) is 0 Å². The Bertz CT molecular complexity index is 887. The van der Waals surface area contributed by atoms with Crippen molar-refractivity contribution in [1.82, 2.24) is 9.62 Å². The molecule has 1 aliphatic carbocycles. The molecule has 3 rings (SSSR count). The van der Waals surface area contributed by atoms with E-state index in [0.717, 1.165) is 12.8 Å². The number of esters is 1. The minimum Gasteiger partial charge on any atom is -0.490 e. The summed E-state index contributed by atoms with van der Waals surface area (Å²) in [6, 6.07) is 3.85. The summed E-state index contributed by atoms with van der Waals surface area (Å²) in [5.41, 5.74) is 0.628. The van der Waals surface area contributed by atoms with Crippen molar-refractivity contribution in [3.05, 3.63) is 29.6 Å². The van der Waals surface area contributed by atoms with Gasteiger partial charge in [0.05, 0.1) is 12.4 Å². The zero-order valence-electron chi connectivity index (χ0n) is 16.9. The molecule has 0 bridgehead atoms. The molecule has 0 unspecified atom stereocenters. The summed E-state index contributed by atoms with van der Waals surface area (Å²) >= 11 is 0. The van der Waals surface area contributed by atoms with Crippen molar-refractivity contribution in [2.45, 2.75) is 45.1 Å². The van der Waals surface area contributed by atoms with Gasteiger partial charge in [-0.3, -0.25) is 4.90 Å². The van der Waals surface area contributed by atoms with Crippen molar-refractivity contribution >= 4 is 22.1 Å². The topological polar surface area (TPSA) is 102 Å². The molecule has 0 spiro atoms. The van der Waals surface area contributed by atoms with Crippen LogP contribution in [0.25, 0.3) is 0 Å². The van der Waals surface area contributed by atoms with Gasteiger partial charge < -0.3 is 9.47 Å². The fraction of sp³-hybridized carbons (Fsp3) is 0.600. The Morgan fingerprint density at radius 2 is 2.03 bits per heavy atom. The van der Waals surface area contributed by atoms with Gasteiger partial charge in [-0.25, -0.2) is 27.1 Å². The molecule has 2 fully saturated rings. The fourth-order valence-electron chi connectivity index (χ4n) is 3.14. The highest BCUT2D eigenvalue weighted by molar-refractivity contribution is 7.89. The van der Waals surface area contributed by atoms with Crippen LogP contribution in [0.5, 0.6) is 5.75 Å². The maximum absolute atomic E-state index is 13.9. The van der Waals surface area contributed by atoms with Gasteiger partial charge in [0, 0.05) is 12.6 Å². The molecule has 1 aromatic carbocycles. The van der Waals surface area contributed by atoms with Crippen molar-refractivity contribution < 1.29 is 31.9 Å². The predicted molar refractivity (Wildman–Crippen MR) is 107 cm³/mol. The number of carbonyl (C=O) groups is 2. The molecular formula is C20H27FN2O6S. The lowest BCUT2D eigenvalue weighted by Crippen LogP contribution is -2.29. The molecule has 10 heteroatoms. The molecule has 30 heavy (non-hydrogen) atoms. The van der Waals surface area contributed by atoms with Gasteiger partial charge >= 0.3 is 12.1 Å². The van der Waals surface area contributed by atoms with Crippen LogP contribution in [0, 0.1) is 11.7 Å². The van der Waals surface area contributed by atoms with Crippen LogP contribution in [0.1, 0.15) is 50.6 Å². The van der Waals surface area contributed by atoms with Crippen LogP contribution >= 0.6 is 0 Å². The van der Waals surface area contributed by atoms with E-state index < -0.39 is 33.9 Å². The Balaban J connectivity index is 1.42. The Labute approximate surface area is 175 Å². The quantitative estimate of drug-likeness (QED) is 0.303. The van der Waals surface area contributed by atoms with E-state index in [4.69, 9.17) is 4.74 Å². The molecule has 8 nitrogen and oxygen atoms in total. The van der Waals surface area contributed by atoms with Crippen LogP contribution in [0.4, 0.5) is 9.18 Å². The summed E-state index contributed by atoms with van der Waals surface area (Å²) in [6.07, 6.45) is 3.12. The number of unbranched alkanes of at least 4 members (excludes halogenated alkanes) is 2. The number of halogens is 1. The molecule has 166 valence electrons. The molecule has 1 saturated carbocycles. The van der Waals surface area contributed by atoms with Gasteiger partial charge in [-0.15, -0.1) is 0 Å². The Morgan fingerprint density at radius 1 is 1.27 bits per heavy atom. The van der Waals surface area contributed by atoms with E-state index in [1.54, 1.807) is 19.1 Å². The number of carbonyl (C=O) groups excluding carboxylic acids is 2. The molecule has 0 aromatic heterocycles. The maximum Gasteiger partial charge on any atom is 0.418 e. The zero-order valence-corrected chi connectivity index (χ0v) is 17.8. The SMILES string of the molecule is C[C@@H](NS(=O)(=O)CCCCCN1CC(=O)OC1=O)c1ccc(F)c(OCC2CC2)c1. The summed E-state index contributed by atoms with van der Waals surface area (Å²) in [6.45, 7) is 2.48. The van der Waals surface area contributed by atoms with E-state index in [2.05, 4.69) is 9.46 Å². The van der Waals surface area contributed by atoms with Crippen LogP contribution in [-0.4, -0.2) is 50.8 Å². The average Bonchev–Trinajstić information content (AvgIpc) is 3.44. The average molecular weight is 443 g/mol. The molecule has 1 atom stereocenters. The summed E-state index contributed by atoms with van der Waals surface area (Å²) in [4.78, 5) is 23.6. The number of benzene rings is 1. The van der Waals surface area contributed by atoms with Crippen molar-refractivity contribution in [3.8, 4) is 5.75 Å². The summed E-state index contributed by atoms with van der Waals surface area (Å²) < 4.78 is 51.2. The number of sulfonamides is 1. The number of ether oxygens (including phenoxy) is 2. The van der Waals surface area contributed by atoms with Gasteiger partial charge in [0.15, 0.2) is 11.6 Å². The molecule has 2 aliphatic rings. The Morgan fingerprint density at radius 3 is 2.70 bits per heavy atom. The molecule has 1 aromatic rings. The van der Waals surface area contributed by atoms with Crippen molar-refractivity contribution in [2.24, 2.45) is 5.92 Å². The summed E-state index contributed by atoms with van der Waals surface area (Å²) in [5.74, 6) is -0.460. The third kappa shape index (κ3) is 6.66. The number of hydrogen-bond acceptors (Lipinski definition) is 6. The second kappa shape index (κ2) is 9.74. The number of nitrogens with zero attached hydrogens (tertiary/aromatic N) is 1. The smallest absolute Gasteiger partial charge is 0.418 e. The minimum absolute atomic E-state index is 0.0553. The summed E-state index contributed by atoms with van der Waals surface area (Å²) in [7, 11) is -3.53. The number of nitrogens with one attached hydrogen (secondary N) is 1. The molecule has 1 heterocycles. The maximum atomic E-state index is 13.9. The Hall–Kier alpha value is -2.20. The molecule has 1 amide bonds. The first kappa shape index (κ1) is 22.5. The monoisotopic (exact) mass is 442 g/mol. The van der Waals surface area contributed by atoms with Crippen molar-refractivity contribution in [1.29, 1.82) is 0 Å². The molecule has 1 N–H and O–H groups in total. The minimum atomic E-state index is -3.53. The number of rotatable bonds is 12. The highest BCUT2D eigenvalue weighted by atomic mass is 32.2. The van der Waals surface area contributed by atoms with Crippen LogP contribution in [0.15, 0.2) is 18.2 Å². The zero-order chi connectivity index (χ0) is 21.7. The van der Waals surface area contributed by atoms with E-state index in [0.29, 0.717) is 43.9 Å². The first-order valence-electron chi connectivity index (χ1n) is 10.2. The van der Waals surface area contributed by atoms with E-state index in [-0.39, 0.29) is 18.0 Å². The van der Waals surface area contributed by atoms with E-state index in [1.807, 2.05) is 0 Å². The van der Waals surface area contributed by atoms with Gasteiger partial charge in [0.1, 0.15) is 6.54 Å². The largest absolute Gasteiger partial charge is 0.490 e. The molecule has 1 aliphatic heterocycles. The van der Waals surface area contributed by atoms with Crippen molar-refractivity contribution in [2.75, 3.05) is 25.4 Å². The standard InChI is InChI=1S/C20H27FN2O6S/c1-14(16-7-8-17(21)18(11-16)28-13-15-5-6-15)22-30(26,27)10-4-2-3-9-23-12-19(24)29-20(23)25/h7-8,11,14-15,22H,2-6,9-10,12-13H2,1H3/t14-/m1/s1. The van der Waals surface area contributed by atoms with Gasteiger partial charge in [0.2, 0.25) is 10.0 Å². The van der Waals surface area contributed by atoms with Gasteiger partial charge in [-0.2, -0.15) is 0 Å². The lowest BCUT2D eigenvalue weighted by atomic mass is 10.1. The first-order chi connectivity index (χ1) is 14.2. The van der Waals surface area contributed by atoms with Gasteiger partial charge in [0.25, 0.3) is 0 Å². The molecule has 0 radical (unpaired) electrons. The lowest BCUT2D eigenvalue weighted by molar-refractivity contribution is -0.132. The highest BCUT2D eigenvalue weighted by Gasteiger charge is 2.28. The number of amides is 1. The second-order valence-corrected chi connectivity index (χ2v) is 9.70. The Kier molecular flexibility index (Phi) is 7.30. The van der Waals surface area contributed by atoms with Gasteiger partial charge in [-0.05, 0) is 56.2 Å². The van der Waals surface area contributed by atoms with E-state index >= 15 is 0 Å². The fourth-order valence-corrected chi connectivity index (χ4v) is 4.52.